The number of ether oxygens (including phenoxy) is 1. The molecule has 140 valence electrons. The van der Waals surface area contributed by atoms with Crippen LogP contribution in [0.5, 0.6) is 5.75 Å². The standard InChI is InChI=1S/C22H17ClN2O3/c1-27-16-9-6-14(7-10-16)12-21(26)24-15-8-11-19-20(13-15)28-22(25-19)17-4-2-3-5-18(17)23/h2-11,13H,12H2,1H3,(H,24,26). The van der Waals surface area contributed by atoms with Crippen molar-refractivity contribution in [3.63, 3.8) is 0 Å². The van der Waals surface area contributed by atoms with E-state index in [0.29, 0.717) is 27.7 Å². The summed E-state index contributed by atoms with van der Waals surface area (Å²) in [6.07, 6.45) is 0.267. The zero-order chi connectivity index (χ0) is 19.5. The molecule has 0 spiro atoms. The maximum absolute atomic E-state index is 12.3. The third-order valence-electron chi connectivity index (χ3n) is 4.30. The topological polar surface area (TPSA) is 64.4 Å². The summed E-state index contributed by atoms with van der Waals surface area (Å²) in [6.45, 7) is 0. The number of anilines is 1. The lowest BCUT2D eigenvalue weighted by Gasteiger charge is -2.06. The Morgan fingerprint density at radius 1 is 1.11 bits per heavy atom. The van der Waals surface area contributed by atoms with E-state index < -0.39 is 0 Å². The summed E-state index contributed by atoms with van der Waals surface area (Å²) in [4.78, 5) is 16.8. The first-order valence-corrected chi connectivity index (χ1v) is 9.08. The van der Waals surface area contributed by atoms with Crippen LogP contribution in [0.4, 0.5) is 5.69 Å². The van der Waals surface area contributed by atoms with Gasteiger partial charge in [-0.1, -0.05) is 35.9 Å². The van der Waals surface area contributed by atoms with Crippen molar-refractivity contribution in [2.75, 3.05) is 12.4 Å². The third-order valence-corrected chi connectivity index (χ3v) is 4.63. The molecule has 0 bridgehead atoms. The minimum Gasteiger partial charge on any atom is -0.497 e. The quantitative estimate of drug-likeness (QED) is 0.498. The van der Waals surface area contributed by atoms with Crippen LogP contribution in [0.2, 0.25) is 5.02 Å². The Morgan fingerprint density at radius 3 is 2.64 bits per heavy atom. The van der Waals surface area contributed by atoms with Crippen LogP contribution in [0.3, 0.4) is 0 Å². The number of carbonyl (C=O) groups is 1. The maximum Gasteiger partial charge on any atom is 0.228 e. The minimum absolute atomic E-state index is 0.115. The Bertz CT molecular complexity index is 1140. The number of halogens is 1. The number of carbonyl (C=O) groups excluding carboxylic acids is 1. The Morgan fingerprint density at radius 2 is 1.89 bits per heavy atom. The van der Waals surface area contributed by atoms with Gasteiger partial charge in [0.2, 0.25) is 11.8 Å². The second kappa shape index (κ2) is 7.74. The number of hydrogen-bond acceptors (Lipinski definition) is 4. The van der Waals surface area contributed by atoms with Crippen LogP contribution in [-0.2, 0) is 11.2 Å². The summed E-state index contributed by atoms with van der Waals surface area (Å²) >= 11 is 6.22. The van der Waals surface area contributed by atoms with Gasteiger partial charge in [0.15, 0.2) is 5.58 Å². The fourth-order valence-corrected chi connectivity index (χ4v) is 3.10. The fourth-order valence-electron chi connectivity index (χ4n) is 2.89. The molecule has 6 heteroatoms. The van der Waals surface area contributed by atoms with Gasteiger partial charge in [-0.05, 0) is 42.0 Å². The van der Waals surface area contributed by atoms with Gasteiger partial charge in [-0.3, -0.25) is 4.79 Å². The first-order chi connectivity index (χ1) is 13.6. The van der Waals surface area contributed by atoms with Crippen molar-refractivity contribution in [1.29, 1.82) is 0 Å². The lowest BCUT2D eigenvalue weighted by Crippen LogP contribution is -2.14. The second-order valence-electron chi connectivity index (χ2n) is 6.25. The van der Waals surface area contributed by atoms with Crippen LogP contribution in [-0.4, -0.2) is 18.0 Å². The van der Waals surface area contributed by atoms with Gasteiger partial charge in [-0.2, -0.15) is 0 Å². The monoisotopic (exact) mass is 392 g/mol. The van der Waals surface area contributed by atoms with Crippen molar-refractivity contribution in [3.05, 3.63) is 77.3 Å². The molecule has 4 rings (SSSR count). The molecule has 0 aliphatic heterocycles. The van der Waals surface area contributed by atoms with E-state index in [1.54, 1.807) is 25.3 Å². The second-order valence-corrected chi connectivity index (χ2v) is 6.66. The lowest BCUT2D eigenvalue weighted by molar-refractivity contribution is -0.115. The average Bonchev–Trinajstić information content (AvgIpc) is 3.12. The number of rotatable bonds is 5. The molecule has 4 aromatic rings. The molecular formula is C22H17ClN2O3. The Labute approximate surface area is 166 Å². The van der Waals surface area contributed by atoms with Crippen LogP contribution >= 0.6 is 11.6 Å². The molecule has 1 amide bonds. The van der Waals surface area contributed by atoms with Gasteiger partial charge in [0.05, 0.1) is 24.1 Å². The number of amides is 1. The molecule has 3 aromatic carbocycles. The molecule has 1 aromatic heterocycles. The van der Waals surface area contributed by atoms with E-state index in [2.05, 4.69) is 10.3 Å². The zero-order valence-corrected chi connectivity index (χ0v) is 15.9. The molecule has 0 atom stereocenters. The van der Waals surface area contributed by atoms with Crippen molar-refractivity contribution in [2.24, 2.45) is 0 Å². The van der Waals surface area contributed by atoms with Crippen molar-refractivity contribution >= 4 is 34.3 Å². The average molecular weight is 393 g/mol. The van der Waals surface area contributed by atoms with Gasteiger partial charge in [-0.25, -0.2) is 4.98 Å². The summed E-state index contributed by atoms with van der Waals surface area (Å²) in [6, 6.07) is 20.1. The number of nitrogens with zero attached hydrogens (tertiary/aromatic N) is 1. The molecule has 1 N–H and O–H groups in total. The number of oxazole rings is 1. The van der Waals surface area contributed by atoms with Crippen molar-refractivity contribution in [3.8, 4) is 17.2 Å². The van der Waals surface area contributed by atoms with Crippen molar-refractivity contribution in [2.45, 2.75) is 6.42 Å². The summed E-state index contributed by atoms with van der Waals surface area (Å²) in [7, 11) is 1.61. The molecule has 0 aliphatic rings. The van der Waals surface area contributed by atoms with Crippen molar-refractivity contribution in [1.82, 2.24) is 4.98 Å². The molecule has 0 unspecified atom stereocenters. The number of methoxy groups -OCH3 is 1. The molecule has 1 heterocycles. The maximum atomic E-state index is 12.3. The normalized spacial score (nSPS) is 10.8. The number of aromatic nitrogens is 1. The Balaban J connectivity index is 1.51. The molecule has 0 radical (unpaired) electrons. The highest BCUT2D eigenvalue weighted by molar-refractivity contribution is 6.33. The van der Waals surface area contributed by atoms with Gasteiger partial charge in [-0.15, -0.1) is 0 Å². The fraction of sp³-hybridized carbons (Fsp3) is 0.0909. The van der Waals surface area contributed by atoms with Crippen LogP contribution in [0.1, 0.15) is 5.56 Å². The number of hydrogen-bond donors (Lipinski definition) is 1. The van der Waals surface area contributed by atoms with Gasteiger partial charge in [0.1, 0.15) is 11.3 Å². The predicted octanol–water partition coefficient (Wildman–Crippen LogP) is 5.34. The highest BCUT2D eigenvalue weighted by Crippen LogP contribution is 2.30. The third kappa shape index (κ3) is 3.85. The highest BCUT2D eigenvalue weighted by Gasteiger charge is 2.12. The van der Waals surface area contributed by atoms with Gasteiger partial charge in [0, 0.05) is 11.8 Å². The molecular weight excluding hydrogens is 376 g/mol. The summed E-state index contributed by atoms with van der Waals surface area (Å²) in [5.74, 6) is 1.09. The van der Waals surface area contributed by atoms with Gasteiger partial charge < -0.3 is 14.5 Å². The van der Waals surface area contributed by atoms with Gasteiger partial charge >= 0.3 is 0 Å². The summed E-state index contributed by atoms with van der Waals surface area (Å²) < 4.78 is 11.0. The smallest absolute Gasteiger partial charge is 0.228 e. The number of benzene rings is 3. The molecule has 5 nitrogen and oxygen atoms in total. The molecule has 0 saturated heterocycles. The molecule has 0 fully saturated rings. The predicted molar refractivity (Wildman–Crippen MR) is 110 cm³/mol. The largest absolute Gasteiger partial charge is 0.497 e. The van der Waals surface area contributed by atoms with E-state index in [1.807, 2.05) is 48.5 Å². The van der Waals surface area contributed by atoms with E-state index >= 15 is 0 Å². The highest BCUT2D eigenvalue weighted by atomic mass is 35.5. The Kier molecular flexibility index (Phi) is 5.00. The van der Waals surface area contributed by atoms with Crippen LogP contribution < -0.4 is 10.1 Å². The SMILES string of the molecule is COc1ccc(CC(=O)Nc2ccc3nc(-c4ccccc4Cl)oc3c2)cc1. The van der Waals surface area contributed by atoms with E-state index in [0.717, 1.165) is 16.9 Å². The van der Waals surface area contributed by atoms with E-state index in [1.165, 1.54) is 0 Å². The summed E-state index contributed by atoms with van der Waals surface area (Å²) in [5, 5.41) is 3.46. The Hall–Kier alpha value is -3.31. The van der Waals surface area contributed by atoms with Gasteiger partial charge in [0.25, 0.3) is 0 Å². The summed E-state index contributed by atoms with van der Waals surface area (Å²) in [5.41, 5.74) is 3.55. The van der Waals surface area contributed by atoms with E-state index in [-0.39, 0.29) is 12.3 Å². The minimum atomic E-state index is -0.115. The first-order valence-electron chi connectivity index (χ1n) is 8.70. The van der Waals surface area contributed by atoms with Crippen LogP contribution in [0.25, 0.3) is 22.6 Å². The van der Waals surface area contributed by atoms with E-state index in [4.69, 9.17) is 20.8 Å². The molecule has 0 aliphatic carbocycles. The van der Waals surface area contributed by atoms with Crippen LogP contribution in [0, 0.1) is 0 Å². The zero-order valence-electron chi connectivity index (χ0n) is 15.1. The lowest BCUT2D eigenvalue weighted by atomic mass is 10.1. The molecule has 28 heavy (non-hydrogen) atoms. The molecule has 0 saturated carbocycles. The van der Waals surface area contributed by atoms with Crippen LogP contribution in [0.15, 0.2) is 71.1 Å². The number of nitrogens with one attached hydrogen (secondary N) is 1. The van der Waals surface area contributed by atoms with E-state index in [9.17, 15) is 4.79 Å². The van der Waals surface area contributed by atoms with Crippen molar-refractivity contribution < 1.29 is 13.9 Å². The first kappa shape index (κ1) is 18.1. The number of fused-ring (bicyclic) bond motifs is 1.